The van der Waals surface area contributed by atoms with Crippen LogP contribution in [-0.4, -0.2) is 30.1 Å². The molecule has 0 aliphatic carbocycles. The molecule has 0 rings (SSSR count). The Hall–Kier alpha value is -1.10. The predicted molar refractivity (Wildman–Crippen MR) is 94.1 cm³/mol. The molecule has 0 aliphatic rings. The van der Waals surface area contributed by atoms with Gasteiger partial charge in [0.1, 0.15) is 0 Å². The molecule has 2 unspecified atom stereocenters. The zero-order valence-electron chi connectivity index (χ0n) is 15.7. The number of amides is 1. The standard InChI is InChI=1S/C18H36N2O3/c1-17(2,3)10-13(9-14(11-19)18(4,5)6)12-20-15(21)7-8-16(22)23/h13-14H,7-12,19H2,1-6H3,(H,20,21)(H,22,23). The molecule has 0 aromatic heterocycles. The van der Waals surface area contributed by atoms with E-state index in [4.69, 9.17) is 10.8 Å². The van der Waals surface area contributed by atoms with Crippen LogP contribution in [0, 0.1) is 22.7 Å². The lowest BCUT2D eigenvalue weighted by Crippen LogP contribution is -2.36. The van der Waals surface area contributed by atoms with Crippen LogP contribution in [0.2, 0.25) is 0 Å². The summed E-state index contributed by atoms with van der Waals surface area (Å²) in [4.78, 5) is 22.3. The van der Waals surface area contributed by atoms with Gasteiger partial charge in [-0.25, -0.2) is 0 Å². The lowest BCUT2D eigenvalue weighted by Gasteiger charge is -2.35. The fraction of sp³-hybridized carbons (Fsp3) is 0.889. The molecule has 23 heavy (non-hydrogen) atoms. The molecule has 5 nitrogen and oxygen atoms in total. The first-order valence-electron chi connectivity index (χ1n) is 8.53. The van der Waals surface area contributed by atoms with E-state index >= 15 is 0 Å². The summed E-state index contributed by atoms with van der Waals surface area (Å²) in [6, 6.07) is 0. The van der Waals surface area contributed by atoms with Gasteiger partial charge in [-0.1, -0.05) is 41.5 Å². The van der Waals surface area contributed by atoms with Crippen LogP contribution in [0.3, 0.4) is 0 Å². The van der Waals surface area contributed by atoms with Gasteiger partial charge in [-0.3, -0.25) is 9.59 Å². The van der Waals surface area contributed by atoms with Crippen molar-refractivity contribution in [3.05, 3.63) is 0 Å². The first kappa shape index (κ1) is 21.9. The number of carbonyl (C=O) groups excluding carboxylic acids is 1. The molecule has 0 aromatic carbocycles. The van der Waals surface area contributed by atoms with Gasteiger partial charge in [-0.2, -0.15) is 0 Å². The normalized spacial score (nSPS) is 15.1. The molecule has 4 N–H and O–H groups in total. The van der Waals surface area contributed by atoms with Gasteiger partial charge in [-0.05, 0) is 42.1 Å². The highest BCUT2D eigenvalue weighted by Gasteiger charge is 2.28. The molecular formula is C18H36N2O3. The molecule has 0 heterocycles. The highest BCUT2D eigenvalue weighted by molar-refractivity contribution is 5.80. The van der Waals surface area contributed by atoms with Crippen molar-refractivity contribution in [3.8, 4) is 0 Å². The number of nitrogens with one attached hydrogen (secondary N) is 1. The SMILES string of the molecule is CC(C)(C)CC(CNC(=O)CCC(=O)O)CC(CN)C(C)(C)C. The zero-order chi connectivity index (χ0) is 18.3. The average molecular weight is 328 g/mol. The van der Waals surface area contributed by atoms with E-state index in [0.29, 0.717) is 24.9 Å². The summed E-state index contributed by atoms with van der Waals surface area (Å²) in [5.74, 6) is -0.393. The molecule has 0 saturated carbocycles. The molecule has 0 bridgehead atoms. The fourth-order valence-corrected chi connectivity index (χ4v) is 2.88. The monoisotopic (exact) mass is 328 g/mol. The minimum absolute atomic E-state index is 0.0388. The molecule has 0 fully saturated rings. The van der Waals surface area contributed by atoms with Gasteiger partial charge in [0, 0.05) is 13.0 Å². The molecule has 0 radical (unpaired) electrons. The van der Waals surface area contributed by atoms with Crippen LogP contribution in [-0.2, 0) is 9.59 Å². The van der Waals surface area contributed by atoms with Crippen LogP contribution in [0.1, 0.15) is 67.2 Å². The van der Waals surface area contributed by atoms with E-state index in [1.807, 2.05) is 0 Å². The minimum atomic E-state index is -0.942. The number of carboxylic acids is 1. The van der Waals surface area contributed by atoms with Crippen molar-refractivity contribution in [3.63, 3.8) is 0 Å². The Bertz CT molecular complexity index is 381. The Labute approximate surface area is 141 Å². The summed E-state index contributed by atoms with van der Waals surface area (Å²) in [5.41, 5.74) is 6.27. The third-order valence-corrected chi connectivity index (χ3v) is 4.18. The molecule has 0 aromatic rings. The number of carboxylic acid groups (broad SMARTS) is 1. The Balaban J connectivity index is 4.69. The summed E-state index contributed by atoms with van der Waals surface area (Å²) in [7, 11) is 0. The zero-order valence-corrected chi connectivity index (χ0v) is 15.7. The van der Waals surface area contributed by atoms with Crippen molar-refractivity contribution in [2.24, 2.45) is 28.4 Å². The van der Waals surface area contributed by atoms with Gasteiger partial charge in [-0.15, -0.1) is 0 Å². The number of carbonyl (C=O) groups is 2. The summed E-state index contributed by atoms with van der Waals surface area (Å²) in [6.07, 6.45) is 1.88. The third-order valence-electron chi connectivity index (χ3n) is 4.18. The molecule has 0 aliphatic heterocycles. The predicted octanol–water partition coefficient (Wildman–Crippen LogP) is 3.03. The Morgan fingerprint density at radius 1 is 1.09 bits per heavy atom. The first-order valence-corrected chi connectivity index (χ1v) is 8.53. The second-order valence-electron chi connectivity index (χ2n) is 8.86. The van der Waals surface area contributed by atoms with Gasteiger partial charge in [0.05, 0.1) is 6.42 Å². The van der Waals surface area contributed by atoms with Gasteiger partial charge < -0.3 is 16.2 Å². The van der Waals surface area contributed by atoms with E-state index in [0.717, 1.165) is 12.8 Å². The summed E-state index contributed by atoms with van der Waals surface area (Å²) in [5, 5.41) is 11.5. The third kappa shape index (κ3) is 11.1. The molecule has 136 valence electrons. The van der Waals surface area contributed by atoms with Crippen molar-refractivity contribution in [2.75, 3.05) is 13.1 Å². The number of hydrogen-bond acceptors (Lipinski definition) is 3. The smallest absolute Gasteiger partial charge is 0.303 e. The van der Waals surface area contributed by atoms with E-state index in [-0.39, 0.29) is 29.6 Å². The fourth-order valence-electron chi connectivity index (χ4n) is 2.88. The molecule has 2 atom stereocenters. The van der Waals surface area contributed by atoms with E-state index in [2.05, 4.69) is 46.9 Å². The number of hydrogen-bond donors (Lipinski definition) is 3. The Morgan fingerprint density at radius 3 is 2.04 bits per heavy atom. The molecule has 0 spiro atoms. The lowest BCUT2D eigenvalue weighted by atomic mass is 9.72. The highest BCUT2D eigenvalue weighted by Crippen LogP contribution is 2.34. The largest absolute Gasteiger partial charge is 0.481 e. The number of nitrogens with two attached hydrogens (primary N) is 1. The number of rotatable bonds is 9. The summed E-state index contributed by atoms with van der Waals surface area (Å²) >= 11 is 0. The molecule has 1 amide bonds. The number of aliphatic carboxylic acids is 1. The summed E-state index contributed by atoms with van der Waals surface area (Å²) < 4.78 is 0. The van der Waals surface area contributed by atoms with Crippen LogP contribution >= 0.6 is 0 Å². The Morgan fingerprint density at radius 2 is 1.65 bits per heavy atom. The minimum Gasteiger partial charge on any atom is -0.481 e. The molecular weight excluding hydrogens is 292 g/mol. The van der Waals surface area contributed by atoms with Crippen molar-refractivity contribution >= 4 is 11.9 Å². The maximum atomic E-state index is 11.8. The maximum Gasteiger partial charge on any atom is 0.303 e. The second-order valence-corrected chi connectivity index (χ2v) is 8.86. The van der Waals surface area contributed by atoms with Gasteiger partial charge in [0.25, 0.3) is 0 Å². The Kier molecular flexibility index (Phi) is 8.82. The van der Waals surface area contributed by atoms with Crippen LogP contribution in [0.4, 0.5) is 0 Å². The van der Waals surface area contributed by atoms with Crippen molar-refractivity contribution in [2.45, 2.75) is 67.2 Å². The summed E-state index contributed by atoms with van der Waals surface area (Å²) in [6.45, 7) is 14.4. The van der Waals surface area contributed by atoms with Crippen LogP contribution in [0.25, 0.3) is 0 Å². The van der Waals surface area contributed by atoms with Gasteiger partial charge >= 0.3 is 5.97 Å². The van der Waals surface area contributed by atoms with Crippen LogP contribution < -0.4 is 11.1 Å². The molecule has 5 heteroatoms. The lowest BCUT2D eigenvalue weighted by molar-refractivity contribution is -0.138. The van der Waals surface area contributed by atoms with E-state index in [1.165, 1.54) is 0 Å². The first-order chi connectivity index (χ1) is 10.3. The van der Waals surface area contributed by atoms with E-state index in [9.17, 15) is 9.59 Å². The van der Waals surface area contributed by atoms with Crippen molar-refractivity contribution in [1.82, 2.24) is 5.32 Å². The maximum absolute atomic E-state index is 11.8. The van der Waals surface area contributed by atoms with Gasteiger partial charge in [0.2, 0.25) is 5.91 Å². The quantitative estimate of drug-likeness (QED) is 0.606. The average Bonchev–Trinajstić information content (AvgIpc) is 2.36. The van der Waals surface area contributed by atoms with Gasteiger partial charge in [0.15, 0.2) is 0 Å². The van der Waals surface area contributed by atoms with E-state index < -0.39 is 5.97 Å². The second kappa shape index (κ2) is 9.26. The van der Waals surface area contributed by atoms with E-state index in [1.54, 1.807) is 0 Å². The van der Waals surface area contributed by atoms with Crippen LogP contribution in [0.15, 0.2) is 0 Å². The van der Waals surface area contributed by atoms with Crippen molar-refractivity contribution in [1.29, 1.82) is 0 Å². The van der Waals surface area contributed by atoms with Crippen LogP contribution in [0.5, 0.6) is 0 Å². The highest BCUT2D eigenvalue weighted by atomic mass is 16.4. The van der Waals surface area contributed by atoms with Crippen molar-refractivity contribution < 1.29 is 14.7 Å². The topological polar surface area (TPSA) is 92.4 Å². The molecule has 0 saturated heterocycles.